The van der Waals surface area contributed by atoms with Crippen molar-refractivity contribution in [3.63, 3.8) is 0 Å². The summed E-state index contributed by atoms with van der Waals surface area (Å²) in [6.45, 7) is 3.57. The first kappa shape index (κ1) is 16.0. The lowest BCUT2D eigenvalue weighted by atomic mass is 9.86. The maximum absolute atomic E-state index is 12.4. The van der Waals surface area contributed by atoms with Crippen molar-refractivity contribution in [1.82, 2.24) is 10.3 Å². The summed E-state index contributed by atoms with van der Waals surface area (Å²) in [6.07, 6.45) is 2.01. The molecule has 2 aromatic rings. The largest absolute Gasteiger partial charge is 0.324 e. The number of nitrogens with one attached hydrogen (secondary N) is 2. The van der Waals surface area contributed by atoms with Crippen LogP contribution >= 0.6 is 0 Å². The summed E-state index contributed by atoms with van der Waals surface area (Å²) in [5.74, 6) is 0.247. The van der Waals surface area contributed by atoms with Crippen molar-refractivity contribution < 1.29 is 0 Å². The van der Waals surface area contributed by atoms with E-state index in [1.165, 1.54) is 0 Å². The van der Waals surface area contributed by atoms with Gasteiger partial charge in [0.1, 0.15) is 11.6 Å². The molecule has 24 heavy (non-hydrogen) atoms. The first-order valence-corrected chi connectivity index (χ1v) is 8.10. The predicted molar refractivity (Wildman–Crippen MR) is 91.3 cm³/mol. The van der Waals surface area contributed by atoms with Crippen molar-refractivity contribution in [2.24, 2.45) is 0 Å². The van der Waals surface area contributed by atoms with Crippen LogP contribution in [0.1, 0.15) is 48.1 Å². The van der Waals surface area contributed by atoms with Crippen molar-refractivity contribution in [2.45, 2.75) is 32.2 Å². The summed E-state index contributed by atoms with van der Waals surface area (Å²) < 4.78 is 0. The van der Waals surface area contributed by atoms with Crippen LogP contribution in [0.15, 0.2) is 29.1 Å². The minimum Gasteiger partial charge on any atom is -0.324 e. The van der Waals surface area contributed by atoms with Crippen LogP contribution < -0.4 is 10.9 Å². The zero-order valence-electron chi connectivity index (χ0n) is 13.5. The highest BCUT2D eigenvalue weighted by atomic mass is 16.1. The molecule has 5 heteroatoms. The van der Waals surface area contributed by atoms with E-state index in [2.05, 4.69) is 29.4 Å². The zero-order valence-corrected chi connectivity index (χ0v) is 13.5. The first-order chi connectivity index (χ1) is 11.7. The van der Waals surface area contributed by atoms with E-state index in [1.807, 2.05) is 0 Å². The molecule has 0 saturated heterocycles. The number of benzene rings is 1. The molecule has 1 aliphatic heterocycles. The van der Waals surface area contributed by atoms with E-state index in [1.54, 1.807) is 24.3 Å². The molecule has 0 amide bonds. The van der Waals surface area contributed by atoms with Gasteiger partial charge in [0, 0.05) is 30.3 Å². The molecule has 0 aliphatic carbocycles. The quantitative estimate of drug-likeness (QED) is 0.910. The Hall–Kier alpha value is -2.89. The molecule has 0 bridgehead atoms. The maximum Gasteiger partial charge on any atom is 0.266 e. The number of nitriles is 2. The minimum atomic E-state index is -0.335. The van der Waals surface area contributed by atoms with E-state index in [0.29, 0.717) is 17.7 Å². The van der Waals surface area contributed by atoms with E-state index in [4.69, 9.17) is 5.26 Å². The number of hydrogen-bond acceptors (Lipinski definition) is 4. The molecule has 3 rings (SSSR count). The second kappa shape index (κ2) is 6.70. The lowest BCUT2D eigenvalue weighted by Crippen LogP contribution is -2.32. The van der Waals surface area contributed by atoms with E-state index in [0.717, 1.165) is 36.2 Å². The molecule has 1 aromatic heterocycles. The van der Waals surface area contributed by atoms with Gasteiger partial charge in [0.05, 0.1) is 11.6 Å². The summed E-state index contributed by atoms with van der Waals surface area (Å²) in [4.78, 5) is 15.4. The molecule has 0 radical (unpaired) electrons. The maximum atomic E-state index is 12.4. The molecule has 1 aromatic carbocycles. The lowest BCUT2D eigenvalue weighted by Gasteiger charge is -2.28. The Labute approximate surface area is 140 Å². The summed E-state index contributed by atoms with van der Waals surface area (Å²) >= 11 is 0. The smallest absolute Gasteiger partial charge is 0.266 e. The number of rotatable bonds is 3. The van der Waals surface area contributed by atoms with Crippen molar-refractivity contribution in [2.75, 3.05) is 6.54 Å². The molecule has 0 saturated carbocycles. The second-order valence-electron chi connectivity index (χ2n) is 6.01. The third-order valence-electron chi connectivity index (χ3n) is 4.50. The van der Waals surface area contributed by atoms with Crippen LogP contribution in [0.25, 0.3) is 11.1 Å². The Bertz CT molecular complexity index is 897. The van der Waals surface area contributed by atoms with Gasteiger partial charge in [-0.05, 0) is 29.7 Å². The molecule has 2 N–H and O–H groups in total. The van der Waals surface area contributed by atoms with Gasteiger partial charge in [0.2, 0.25) is 0 Å². The molecule has 0 fully saturated rings. The molecule has 1 unspecified atom stereocenters. The Kier molecular flexibility index (Phi) is 4.46. The molecule has 5 nitrogen and oxygen atoms in total. The second-order valence-corrected chi connectivity index (χ2v) is 6.01. The van der Waals surface area contributed by atoms with E-state index >= 15 is 0 Å². The standard InChI is InChI=1S/C19H18N4O/c1-2-3-14-10-22-11-16-17(13-6-4-12(8-20)5-7-13)15(9-21)19(24)23-18(14)16/h4-7,14,22H,2-3,10-11H2,1H3,(H,23,24). The van der Waals surface area contributed by atoms with Gasteiger partial charge in [0.15, 0.2) is 0 Å². The van der Waals surface area contributed by atoms with Gasteiger partial charge in [-0.25, -0.2) is 0 Å². The molecule has 1 atom stereocenters. The SMILES string of the molecule is CCCC1CNCc2c1[nH]c(=O)c(C#N)c2-c1ccc(C#N)cc1. The normalized spacial score (nSPS) is 16.0. The number of H-pyrrole nitrogens is 1. The number of fused-ring (bicyclic) bond motifs is 1. The molecule has 0 spiro atoms. The number of aromatic amines is 1. The number of aromatic nitrogens is 1. The Balaban J connectivity index is 2.25. The lowest BCUT2D eigenvalue weighted by molar-refractivity contribution is 0.496. The van der Waals surface area contributed by atoms with Crippen LogP contribution in [0, 0.1) is 22.7 Å². The molecule has 1 aliphatic rings. The van der Waals surface area contributed by atoms with E-state index < -0.39 is 0 Å². The van der Waals surface area contributed by atoms with Crippen molar-refractivity contribution in [1.29, 1.82) is 10.5 Å². The third kappa shape index (κ3) is 2.71. The van der Waals surface area contributed by atoms with Gasteiger partial charge in [-0.15, -0.1) is 0 Å². The van der Waals surface area contributed by atoms with Gasteiger partial charge >= 0.3 is 0 Å². The summed E-state index contributed by atoms with van der Waals surface area (Å²) in [7, 11) is 0. The summed E-state index contributed by atoms with van der Waals surface area (Å²) in [6, 6.07) is 11.2. The van der Waals surface area contributed by atoms with Crippen molar-refractivity contribution >= 4 is 0 Å². The van der Waals surface area contributed by atoms with Crippen LogP contribution in [-0.4, -0.2) is 11.5 Å². The number of hydrogen-bond donors (Lipinski definition) is 2. The highest BCUT2D eigenvalue weighted by Gasteiger charge is 2.26. The van der Waals surface area contributed by atoms with Crippen LogP contribution in [0.5, 0.6) is 0 Å². The zero-order chi connectivity index (χ0) is 17.1. The van der Waals surface area contributed by atoms with Crippen LogP contribution in [0.3, 0.4) is 0 Å². The average Bonchev–Trinajstić information content (AvgIpc) is 2.61. The minimum absolute atomic E-state index is 0.136. The molecule has 120 valence electrons. The van der Waals surface area contributed by atoms with Crippen LogP contribution in [-0.2, 0) is 6.54 Å². The fourth-order valence-electron chi connectivity index (χ4n) is 3.40. The van der Waals surface area contributed by atoms with Gasteiger partial charge in [-0.1, -0.05) is 25.5 Å². The van der Waals surface area contributed by atoms with E-state index in [-0.39, 0.29) is 17.0 Å². The molecular formula is C19H18N4O. The average molecular weight is 318 g/mol. The van der Waals surface area contributed by atoms with Gasteiger partial charge in [-0.2, -0.15) is 10.5 Å². The fraction of sp³-hybridized carbons (Fsp3) is 0.316. The van der Waals surface area contributed by atoms with Crippen LogP contribution in [0.4, 0.5) is 0 Å². The highest BCUT2D eigenvalue weighted by molar-refractivity contribution is 5.75. The first-order valence-electron chi connectivity index (χ1n) is 8.10. The topological polar surface area (TPSA) is 92.5 Å². The van der Waals surface area contributed by atoms with Crippen molar-refractivity contribution in [3.05, 3.63) is 57.0 Å². The molecule has 2 heterocycles. The Morgan fingerprint density at radius 1 is 1.21 bits per heavy atom. The monoisotopic (exact) mass is 318 g/mol. The summed E-state index contributed by atoms with van der Waals surface area (Å²) in [5, 5.41) is 21.8. The van der Waals surface area contributed by atoms with Gasteiger partial charge in [0.25, 0.3) is 5.56 Å². The third-order valence-corrected chi connectivity index (χ3v) is 4.50. The van der Waals surface area contributed by atoms with E-state index in [9.17, 15) is 10.1 Å². The van der Waals surface area contributed by atoms with Gasteiger partial charge < -0.3 is 10.3 Å². The summed E-state index contributed by atoms with van der Waals surface area (Å²) in [5.41, 5.74) is 3.77. The van der Waals surface area contributed by atoms with Crippen molar-refractivity contribution in [3.8, 4) is 23.3 Å². The van der Waals surface area contributed by atoms with Gasteiger partial charge in [-0.3, -0.25) is 4.79 Å². The Morgan fingerprint density at radius 3 is 2.58 bits per heavy atom. The fourth-order valence-corrected chi connectivity index (χ4v) is 3.40. The number of pyridine rings is 1. The predicted octanol–water partition coefficient (Wildman–Crippen LogP) is 2.77. The molecular weight excluding hydrogens is 300 g/mol. The van der Waals surface area contributed by atoms with Crippen LogP contribution in [0.2, 0.25) is 0 Å². The highest BCUT2D eigenvalue weighted by Crippen LogP contribution is 2.34. The number of nitrogens with zero attached hydrogens (tertiary/aromatic N) is 2. The Morgan fingerprint density at radius 2 is 1.96 bits per heavy atom.